The number of pyridine rings is 6. The van der Waals surface area contributed by atoms with Crippen molar-refractivity contribution in [2.45, 2.75) is 12.8 Å². The molecule has 8 heterocycles. The number of benzene rings is 6. The van der Waals surface area contributed by atoms with Crippen LogP contribution in [0.3, 0.4) is 0 Å². The van der Waals surface area contributed by atoms with Crippen LogP contribution in [0.25, 0.3) is 132 Å². The monoisotopic (exact) mass is 868 g/mol. The highest BCUT2D eigenvalue weighted by Gasteiger charge is 2.25. The summed E-state index contributed by atoms with van der Waals surface area (Å²) in [5.74, 6) is 0. The zero-order valence-corrected chi connectivity index (χ0v) is 36.5. The highest BCUT2D eigenvalue weighted by Crippen LogP contribution is 2.46. The van der Waals surface area contributed by atoms with Crippen molar-refractivity contribution in [1.82, 2.24) is 39.0 Å². The Labute approximate surface area is 388 Å². The molecule has 0 N–H and O–H groups in total. The number of aromatic nitrogens is 8. The zero-order valence-electron chi connectivity index (χ0n) is 36.5. The van der Waals surface area contributed by atoms with Gasteiger partial charge in [-0.1, -0.05) is 36.4 Å². The molecule has 68 heavy (non-hydrogen) atoms. The van der Waals surface area contributed by atoms with Crippen LogP contribution >= 0.6 is 0 Å². The minimum absolute atomic E-state index is 0.914. The number of hydrogen-bond donors (Lipinski definition) is 0. The van der Waals surface area contributed by atoms with Gasteiger partial charge in [0.05, 0.1) is 67.9 Å². The maximum atomic E-state index is 4.83. The van der Waals surface area contributed by atoms with Gasteiger partial charge in [0.15, 0.2) is 0 Å². The summed E-state index contributed by atoms with van der Waals surface area (Å²) in [4.78, 5) is 28.3. The number of aryl methyl sites for hydroxylation is 2. The molecule has 0 atom stereocenters. The summed E-state index contributed by atoms with van der Waals surface area (Å²) in [6, 6.07) is 53.1. The Hall–Kier alpha value is -9.14. The minimum atomic E-state index is 0.914. The summed E-state index contributed by atoms with van der Waals surface area (Å²) in [7, 11) is 0. The Morgan fingerprint density at radius 3 is 1.21 bits per heavy atom. The van der Waals surface area contributed by atoms with Gasteiger partial charge in [0.1, 0.15) is 0 Å². The summed E-state index contributed by atoms with van der Waals surface area (Å²) in [5, 5.41) is 9.18. The van der Waals surface area contributed by atoms with Crippen LogP contribution in [0.5, 0.6) is 0 Å². The third kappa shape index (κ3) is 5.36. The van der Waals surface area contributed by atoms with Crippen LogP contribution in [0.15, 0.2) is 195 Å². The molecule has 8 heteroatoms. The Morgan fingerprint density at radius 1 is 0.324 bits per heavy atom. The molecule has 6 aromatic carbocycles. The van der Waals surface area contributed by atoms with Crippen molar-refractivity contribution >= 4 is 87.2 Å². The van der Waals surface area contributed by atoms with Crippen molar-refractivity contribution in [2.24, 2.45) is 0 Å². The standard InChI is InChI=1S/C60H36N8/c1-7-39-29-45(43-11-5-23-65-59(43)57(39)63-21-1)37-15-17-53-49(25-37)51-27-35-13-14-36-28-52-50-26-38(46-30-40-8-2-22-64-58(40)60-44(46)12-6-24-66-60)16-18-54(50)68(42-10-4-20-62-34-42)56(52)32-48(36)47(35)31-55(51)67(53)41-9-3-19-61-33-41/h1-12,15-34H,13-14H2. The van der Waals surface area contributed by atoms with Crippen molar-refractivity contribution in [2.75, 3.05) is 0 Å². The summed E-state index contributed by atoms with van der Waals surface area (Å²) in [5.41, 5.74) is 20.1. The molecule has 8 nitrogen and oxygen atoms in total. The number of nitrogens with zero attached hydrogens (tertiary/aromatic N) is 8. The van der Waals surface area contributed by atoms with Gasteiger partial charge in [-0.05, 0) is 167 Å². The second-order valence-corrected chi connectivity index (χ2v) is 17.9. The van der Waals surface area contributed by atoms with Gasteiger partial charge in [-0.2, -0.15) is 0 Å². The third-order valence-corrected chi connectivity index (χ3v) is 14.3. The molecule has 0 bridgehead atoms. The molecule has 0 amide bonds. The van der Waals surface area contributed by atoms with E-state index in [1.54, 1.807) is 0 Å². The lowest BCUT2D eigenvalue weighted by molar-refractivity contribution is 0.946. The number of hydrogen-bond acceptors (Lipinski definition) is 6. The molecule has 0 radical (unpaired) electrons. The van der Waals surface area contributed by atoms with Gasteiger partial charge in [0.2, 0.25) is 0 Å². The van der Waals surface area contributed by atoms with Gasteiger partial charge < -0.3 is 9.13 Å². The lowest BCUT2D eigenvalue weighted by Crippen LogP contribution is -2.05. The third-order valence-electron chi connectivity index (χ3n) is 14.3. The summed E-state index contributed by atoms with van der Waals surface area (Å²) < 4.78 is 4.77. The van der Waals surface area contributed by atoms with E-state index in [1.807, 2.05) is 86.0 Å². The van der Waals surface area contributed by atoms with E-state index in [-0.39, 0.29) is 0 Å². The highest BCUT2D eigenvalue weighted by atomic mass is 15.0. The van der Waals surface area contributed by atoms with Gasteiger partial charge in [0, 0.05) is 80.3 Å². The topological polar surface area (TPSA) is 87.2 Å². The van der Waals surface area contributed by atoms with E-state index in [2.05, 4.69) is 128 Å². The highest BCUT2D eigenvalue weighted by molar-refractivity contribution is 6.17. The smallest absolute Gasteiger partial charge is 0.0970 e. The van der Waals surface area contributed by atoms with E-state index in [0.717, 1.165) is 112 Å². The molecular formula is C60H36N8. The Bertz CT molecular complexity index is 4150. The van der Waals surface area contributed by atoms with Crippen LogP contribution < -0.4 is 0 Å². The van der Waals surface area contributed by atoms with E-state index in [0.29, 0.717) is 0 Å². The molecule has 1 aliphatic carbocycles. The van der Waals surface area contributed by atoms with Gasteiger partial charge >= 0.3 is 0 Å². The Morgan fingerprint density at radius 2 is 0.750 bits per heavy atom. The lowest BCUT2D eigenvalue weighted by atomic mass is 9.84. The lowest BCUT2D eigenvalue weighted by Gasteiger charge is -2.21. The number of rotatable bonds is 4. The van der Waals surface area contributed by atoms with Crippen molar-refractivity contribution in [1.29, 1.82) is 0 Å². The average molecular weight is 869 g/mol. The van der Waals surface area contributed by atoms with Crippen molar-refractivity contribution in [3.05, 3.63) is 206 Å². The molecule has 0 saturated heterocycles. The molecule has 15 rings (SSSR count). The quantitative estimate of drug-likeness (QED) is 0.164. The van der Waals surface area contributed by atoms with Crippen LogP contribution in [-0.2, 0) is 12.8 Å². The zero-order chi connectivity index (χ0) is 44.5. The van der Waals surface area contributed by atoms with E-state index in [1.165, 1.54) is 43.8 Å². The van der Waals surface area contributed by atoms with Crippen LogP contribution in [0.2, 0.25) is 0 Å². The first-order valence-electron chi connectivity index (χ1n) is 23.0. The molecule has 1 aliphatic rings. The molecule has 14 aromatic rings. The maximum Gasteiger partial charge on any atom is 0.0970 e. The first-order chi connectivity index (χ1) is 33.7. The molecule has 0 unspecified atom stereocenters. The second-order valence-electron chi connectivity index (χ2n) is 17.9. The van der Waals surface area contributed by atoms with E-state index in [9.17, 15) is 0 Å². The van der Waals surface area contributed by atoms with E-state index in [4.69, 9.17) is 19.9 Å². The molecule has 0 fully saturated rings. The fourth-order valence-electron chi connectivity index (χ4n) is 11.3. The SMILES string of the molecule is c1cncc(-n2c3ccc(-c4cc5cccnc5c5ncccc45)cc3c3cc4c(cc32)-c2cc3c(cc2CC4)c2cc(-c4cc5cccnc5c5ncccc45)ccc2n3-c2cccnc2)c1. The predicted molar refractivity (Wildman–Crippen MR) is 276 cm³/mol. The molecule has 316 valence electrons. The average Bonchev–Trinajstić information content (AvgIpc) is 3.90. The number of fused-ring (bicyclic) bond motifs is 15. The molecule has 0 aliphatic heterocycles. The van der Waals surface area contributed by atoms with Gasteiger partial charge in [0.25, 0.3) is 0 Å². The van der Waals surface area contributed by atoms with Crippen molar-refractivity contribution in [3.8, 4) is 44.8 Å². The van der Waals surface area contributed by atoms with Crippen LogP contribution in [0, 0.1) is 0 Å². The van der Waals surface area contributed by atoms with Crippen LogP contribution in [-0.4, -0.2) is 39.0 Å². The molecule has 0 spiro atoms. The first kappa shape index (κ1) is 37.1. The fraction of sp³-hybridized carbons (Fsp3) is 0.0333. The predicted octanol–water partition coefficient (Wildman–Crippen LogP) is 14.0. The molecule has 8 aromatic heterocycles. The molecular weight excluding hydrogens is 833 g/mol. The minimum Gasteiger partial charge on any atom is -0.308 e. The maximum absolute atomic E-state index is 4.83. The van der Waals surface area contributed by atoms with Crippen molar-refractivity contribution in [3.63, 3.8) is 0 Å². The van der Waals surface area contributed by atoms with E-state index < -0.39 is 0 Å². The Balaban J connectivity index is 0.958. The summed E-state index contributed by atoms with van der Waals surface area (Å²) in [6.45, 7) is 0. The van der Waals surface area contributed by atoms with Gasteiger partial charge in [-0.25, -0.2) is 0 Å². The summed E-state index contributed by atoms with van der Waals surface area (Å²) >= 11 is 0. The normalized spacial score (nSPS) is 12.6. The van der Waals surface area contributed by atoms with E-state index >= 15 is 0 Å². The van der Waals surface area contributed by atoms with Crippen molar-refractivity contribution < 1.29 is 0 Å². The largest absolute Gasteiger partial charge is 0.308 e. The second kappa shape index (κ2) is 14.2. The fourth-order valence-corrected chi connectivity index (χ4v) is 11.3. The van der Waals surface area contributed by atoms with Crippen LogP contribution in [0.1, 0.15) is 11.1 Å². The Kier molecular flexibility index (Phi) is 7.74. The van der Waals surface area contributed by atoms with Gasteiger partial charge in [-0.15, -0.1) is 0 Å². The van der Waals surface area contributed by atoms with Crippen LogP contribution in [0.4, 0.5) is 0 Å². The van der Waals surface area contributed by atoms with Gasteiger partial charge in [-0.3, -0.25) is 29.9 Å². The molecule has 0 saturated carbocycles. The summed E-state index contributed by atoms with van der Waals surface area (Å²) in [6.07, 6.45) is 16.9. The first-order valence-corrected chi connectivity index (χ1v) is 23.0.